The Kier molecular flexibility index (Phi) is 3.92. The largest absolute Gasteiger partial charge is 0.274 e. The quantitative estimate of drug-likeness (QED) is 0.836. The van der Waals surface area contributed by atoms with Crippen LogP contribution >= 0.6 is 0 Å². The first kappa shape index (κ1) is 14.7. The number of sulfonamides is 1. The molecule has 1 unspecified atom stereocenters. The van der Waals surface area contributed by atoms with Gasteiger partial charge in [-0.2, -0.15) is 0 Å². The lowest BCUT2D eigenvalue weighted by Gasteiger charge is -2.15. The Hall–Kier alpha value is -1.73. The Bertz CT molecular complexity index is 637. The third kappa shape index (κ3) is 2.46. The highest BCUT2D eigenvalue weighted by molar-refractivity contribution is 7.89. The van der Waals surface area contributed by atoms with E-state index in [1.165, 1.54) is 31.3 Å². The molecule has 0 radical (unpaired) electrons. The second-order valence-electron chi connectivity index (χ2n) is 4.58. The lowest BCUT2D eigenvalue weighted by molar-refractivity contribution is -0.122. The zero-order valence-corrected chi connectivity index (χ0v) is 12.1. The molecule has 1 N–H and O–H groups in total. The Labute approximate surface area is 117 Å². The van der Waals surface area contributed by atoms with Crippen molar-refractivity contribution in [3.8, 4) is 0 Å². The lowest BCUT2D eigenvalue weighted by Crippen LogP contribution is -2.30. The number of anilines is 1. The third-order valence-corrected chi connectivity index (χ3v) is 4.84. The van der Waals surface area contributed by atoms with E-state index in [4.69, 9.17) is 0 Å². The van der Waals surface area contributed by atoms with Crippen molar-refractivity contribution in [2.24, 2.45) is 5.92 Å². The van der Waals surface area contributed by atoms with Gasteiger partial charge in [-0.1, -0.05) is 6.92 Å². The van der Waals surface area contributed by atoms with Crippen molar-refractivity contribution >= 4 is 27.5 Å². The summed E-state index contributed by atoms with van der Waals surface area (Å²) in [5, 5.41) is 0. The van der Waals surface area contributed by atoms with Crippen LogP contribution in [0.5, 0.6) is 0 Å². The molecule has 0 bridgehead atoms. The van der Waals surface area contributed by atoms with Crippen molar-refractivity contribution in [3.05, 3.63) is 24.3 Å². The molecule has 108 valence electrons. The molecule has 1 aromatic carbocycles. The van der Waals surface area contributed by atoms with E-state index in [9.17, 15) is 18.0 Å². The number of imide groups is 1. The van der Waals surface area contributed by atoms with Crippen molar-refractivity contribution in [1.82, 2.24) is 4.72 Å². The van der Waals surface area contributed by atoms with Gasteiger partial charge >= 0.3 is 0 Å². The smallest absolute Gasteiger partial charge is 0.240 e. The monoisotopic (exact) mass is 296 g/mol. The van der Waals surface area contributed by atoms with Gasteiger partial charge in [0, 0.05) is 12.3 Å². The standard InChI is InChI=1S/C13H16N2O4S/c1-3-9-8-12(16)15(13(9)17)10-4-6-11(7-5-10)20(18,19)14-2/h4-7,9,14H,3,8H2,1-2H3. The highest BCUT2D eigenvalue weighted by Crippen LogP contribution is 2.28. The molecule has 7 heteroatoms. The van der Waals surface area contributed by atoms with Crippen molar-refractivity contribution in [2.45, 2.75) is 24.7 Å². The van der Waals surface area contributed by atoms with Crippen LogP contribution in [0.1, 0.15) is 19.8 Å². The van der Waals surface area contributed by atoms with Crippen LogP contribution in [0.3, 0.4) is 0 Å². The lowest BCUT2D eigenvalue weighted by atomic mass is 10.1. The summed E-state index contributed by atoms with van der Waals surface area (Å²) in [6.07, 6.45) is 0.833. The summed E-state index contributed by atoms with van der Waals surface area (Å²) < 4.78 is 25.4. The van der Waals surface area contributed by atoms with Gasteiger partial charge in [0.05, 0.1) is 10.6 Å². The van der Waals surface area contributed by atoms with Gasteiger partial charge in [-0.15, -0.1) is 0 Å². The molecular formula is C13H16N2O4S. The predicted octanol–water partition coefficient (Wildman–Crippen LogP) is 0.884. The Morgan fingerprint density at radius 3 is 2.30 bits per heavy atom. The molecule has 0 spiro atoms. The van der Waals surface area contributed by atoms with E-state index in [0.717, 1.165) is 4.90 Å². The highest BCUT2D eigenvalue weighted by Gasteiger charge is 2.38. The van der Waals surface area contributed by atoms with Gasteiger partial charge in [-0.25, -0.2) is 13.1 Å². The van der Waals surface area contributed by atoms with Crippen LogP contribution in [-0.2, 0) is 19.6 Å². The topological polar surface area (TPSA) is 83.6 Å². The maximum absolute atomic E-state index is 12.1. The first-order valence-electron chi connectivity index (χ1n) is 6.31. The fraction of sp³-hybridized carbons (Fsp3) is 0.385. The van der Waals surface area contributed by atoms with Crippen LogP contribution in [-0.4, -0.2) is 27.3 Å². The number of nitrogens with one attached hydrogen (secondary N) is 1. The van der Waals surface area contributed by atoms with Gasteiger partial charge < -0.3 is 0 Å². The van der Waals surface area contributed by atoms with Crippen LogP contribution in [0, 0.1) is 5.92 Å². The van der Waals surface area contributed by atoms with Crippen molar-refractivity contribution in [2.75, 3.05) is 11.9 Å². The third-order valence-electron chi connectivity index (χ3n) is 3.41. The van der Waals surface area contributed by atoms with E-state index in [1.54, 1.807) is 0 Å². The molecule has 6 nitrogen and oxygen atoms in total. The van der Waals surface area contributed by atoms with E-state index < -0.39 is 10.0 Å². The van der Waals surface area contributed by atoms with Crippen molar-refractivity contribution in [1.29, 1.82) is 0 Å². The number of carbonyl (C=O) groups excluding carboxylic acids is 2. The number of hydrogen-bond acceptors (Lipinski definition) is 4. The average Bonchev–Trinajstić information content (AvgIpc) is 2.73. The zero-order chi connectivity index (χ0) is 14.9. The van der Waals surface area contributed by atoms with E-state index in [2.05, 4.69) is 4.72 Å². The first-order chi connectivity index (χ1) is 9.40. The number of carbonyl (C=O) groups is 2. The Balaban J connectivity index is 2.32. The van der Waals surface area contributed by atoms with Crippen LogP contribution in [0.25, 0.3) is 0 Å². The maximum Gasteiger partial charge on any atom is 0.240 e. The summed E-state index contributed by atoms with van der Waals surface area (Å²) >= 11 is 0. The SMILES string of the molecule is CCC1CC(=O)N(c2ccc(S(=O)(=O)NC)cc2)C1=O. The minimum absolute atomic E-state index is 0.0925. The Morgan fingerprint density at radius 1 is 1.25 bits per heavy atom. The number of rotatable bonds is 4. The van der Waals surface area contributed by atoms with E-state index in [0.29, 0.717) is 12.1 Å². The highest BCUT2D eigenvalue weighted by atomic mass is 32.2. The van der Waals surface area contributed by atoms with E-state index in [1.807, 2.05) is 6.92 Å². The summed E-state index contributed by atoms with van der Waals surface area (Å²) in [6.45, 7) is 1.86. The van der Waals surface area contributed by atoms with Gasteiger partial charge in [0.25, 0.3) is 0 Å². The summed E-state index contributed by atoms with van der Waals surface area (Å²) in [5.41, 5.74) is 0.408. The van der Waals surface area contributed by atoms with Gasteiger partial charge in [-0.3, -0.25) is 14.5 Å². The van der Waals surface area contributed by atoms with Crippen LogP contribution < -0.4 is 9.62 Å². The maximum atomic E-state index is 12.1. The van der Waals surface area contributed by atoms with Crippen LogP contribution in [0.4, 0.5) is 5.69 Å². The molecule has 1 fully saturated rings. The van der Waals surface area contributed by atoms with Gasteiger partial charge in [0.1, 0.15) is 0 Å². The number of nitrogens with zero attached hydrogens (tertiary/aromatic N) is 1. The summed E-state index contributed by atoms with van der Waals surface area (Å²) in [6, 6.07) is 5.69. The van der Waals surface area contributed by atoms with Crippen molar-refractivity contribution < 1.29 is 18.0 Å². The molecule has 1 aromatic rings. The molecule has 2 rings (SSSR count). The number of benzene rings is 1. The predicted molar refractivity (Wildman–Crippen MR) is 73.6 cm³/mol. The number of amides is 2. The molecule has 20 heavy (non-hydrogen) atoms. The zero-order valence-electron chi connectivity index (χ0n) is 11.3. The molecule has 2 amide bonds. The van der Waals surface area contributed by atoms with Gasteiger partial charge in [-0.05, 0) is 37.7 Å². The normalized spacial score (nSPS) is 19.7. The van der Waals surface area contributed by atoms with Gasteiger partial charge in [0.2, 0.25) is 21.8 Å². The summed E-state index contributed by atoms with van der Waals surface area (Å²) in [7, 11) is -2.20. The molecule has 1 heterocycles. The molecule has 0 aliphatic carbocycles. The second-order valence-corrected chi connectivity index (χ2v) is 6.46. The first-order valence-corrected chi connectivity index (χ1v) is 7.79. The summed E-state index contributed by atoms with van der Waals surface area (Å²) in [4.78, 5) is 25.1. The van der Waals surface area contributed by atoms with Gasteiger partial charge in [0.15, 0.2) is 0 Å². The molecule has 1 aliphatic heterocycles. The molecular weight excluding hydrogens is 280 g/mol. The minimum atomic E-state index is -3.52. The Morgan fingerprint density at radius 2 is 1.85 bits per heavy atom. The van der Waals surface area contributed by atoms with Crippen molar-refractivity contribution in [3.63, 3.8) is 0 Å². The molecule has 0 aromatic heterocycles. The molecule has 0 saturated carbocycles. The van der Waals surface area contributed by atoms with E-state index >= 15 is 0 Å². The molecule has 1 saturated heterocycles. The fourth-order valence-corrected chi connectivity index (χ4v) is 2.91. The number of hydrogen-bond donors (Lipinski definition) is 1. The minimum Gasteiger partial charge on any atom is -0.274 e. The average molecular weight is 296 g/mol. The fourth-order valence-electron chi connectivity index (χ4n) is 2.18. The molecule has 1 atom stereocenters. The van der Waals surface area contributed by atoms with Crippen LogP contribution in [0.2, 0.25) is 0 Å². The van der Waals surface area contributed by atoms with Crippen LogP contribution in [0.15, 0.2) is 29.2 Å². The second kappa shape index (κ2) is 5.34. The molecule has 1 aliphatic rings. The van der Waals surface area contributed by atoms with E-state index in [-0.39, 0.29) is 29.0 Å². The summed E-state index contributed by atoms with van der Waals surface area (Å²) in [5.74, 6) is -0.740.